The maximum Gasteiger partial charge on any atom is 0.159 e. The van der Waals surface area contributed by atoms with Crippen molar-refractivity contribution in [3.05, 3.63) is 198 Å². The number of halogens is 1. The topological polar surface area (TPSA) is 16.4 Å². The highest BCUT2D eigenvalue weighted by atomic mass is 19.1. The van der Waals surface area contributed by atoms with E-state index in [9.17, 15) is 4.39 Å². The minimum atomic E-state index is -0.478. The predicted octanol–water partition coefficient (Wildman–Crippen LogP) is 12.7. The monoisotopic (exact) mass is 641 g/mol. The van der Waals surface area contributed by atoms with Crippen molar-refractivity contribution in [1.29, 1.82) is 0 Å². The lowest BCUT2D eigenvalue weighted by atomic mass is 9.70. The van der Waals surface area contributed by atoms with Gasteiger partial charge in [0.05, 0.1) is 16.8 Å². The maximum absolute atomic E-state index is 14.6. The van der Waals surface area contributed by atoms with Crippen LogP contribution in [0.1, 0.15) is 22.3 Å². The molecule has 1 spiro atoms. The quantitative estimate of drug-likeness (QED) is 0.191. The number of fused-ring (bicyclic) bond motifs is 15. The summed E-state index contributed by atoms with van der Waals surface area (Å²) in [6, 6.07) is 59.0. The van der Waals surface area contributed by atoms with Crippen LogP contribution in [0.25, 0.3) is 55.0 Å². The first-order valence-electron chi connectivity index (χ1n) is 17.0. The third-order valence-electron chi connectivity index (χ3n) is 10.9. The van der Waals surface area contributed by atoms with Crippen molar-refractivity contribution in [1.82, 2.24) is 0 Å². The minimum absolute atomic E-state index is 0.274. The lowest BCUT2D eigenvalue weighted by Gasteiger charge is -2.31. The lowest BCUT2D eigenvalue weighted by Crippen LogP contribution is -2.26. The van der Waals surface area contributed by atoms with Crippen LogP contribution < -0.4 is 4.90 Å². The Morgan fingerprint density at radius 1 is 0.460 bits per heavy atom. The second-order valence-electron chi connectivity index (χ2n) is 13.3. The summed E-state index contributed by atoms with van der Waals surface area (Å²) in [6.07, 6.45) is 0. The van der Waals surface area contributed by atoms with Crippen molar-refractivity contribution in [2.45, 2.75) is 5.41 Å². The molecule has 8 aromatic carbocycles. The van der Waals surface area contributed by atoms with E-state index in [-0.39, 0.29) is 5.82 Å². The zero-order valence-electron chi connectivity index (χ0n) is 26.9. The molecule has 0 radical (unpaired) electrons. The summed E-state index contributed by atoms with van der Waals surface area (Å²) >= 11 is 0. The van der Waals surface area contributed by atoms with Crippen LogP contribution in [-0.2, 0) is 5.41 Å². The van der Waals surface area contributed by atoms with Crippen LogP contribution in [0.5, 0.6) is 0 Å². The molecule has 0 saturated heterocycles. The van der Waals surface area contributed by atoms with Crippen molar-refractivity contribution in [2.75, 3.05) is 4.90 Å². The number of anilines is 3. The van der Waals surface area contributed by atoms with Crippen molar-refractivity contribution in [2.24, 2.45) is 0 Å². The van der Waals surface area contributed by atoms with Crippen LogP contribution in [0.3, 0.4) is 0 Å². The molecule has 1 heterocycles. The van der Waals surface area contributed by atoms with Crippen LogP contribution in [0, 0.1) is 5.82 Å². The van der Waals surface area contributed by atoms with Crippen LogP contribution in [0.4, 0.5) is 21.5 Å². The van der Waals surface area contributed by atoms with Crippen molar-refractivity contribution in [3.8, 4) is 22.3 Å². The van der Waals surface area contributed by atoms with Gasteiger partial charge in [0.15, 0.2) is 5.58 Å². The largest absolute Gasteiger partial charge is 0.454 e. The summed E-state index contributed by atoms with van der Waals surface area (Å²) in [7, 11) is 0. The predicted molar refractivity (Wildman–Crippen MR) is 202 cm³/mol. The SMILES string of the molecule is Fc1ccc(N(c2cccc3c2-c2ccccc2C32c3ccccc3-c3ccccc32)c2cccc3c2oc2ccc4ccccc4c23)cc1. The van der Waals surface area contributed by atoms with Gasteiger partial charge in [-0.05, 0) is 92.2 Å². The highest BCUT2D eigenvalue weighted by molar-refractivity contribution is 6.21. The highest BCUT2D eigenvalue weighted by Gasteiger charge is 2.52. The number of para-hydroxylation sites is 1. The van der Waals surface area contributed by atoms with Crippen molar-refractivity contribution >= 4 is 49.8 Å². The minimum Gasteiger partial charge on any atom is -0.454 e. The molecular weight excluding hydrogens is 614 g/mol. The number of hydrogen-bond acceptors (Lipinski definition) is 2. The Balaban J connectivity index is 1.25. The summed E-state index contributed by atoms with van der Waals surface area (Å²) in [5, 5.41) is 4.47. The van der Waals surface area contributed by atoms with Crippen LogP contribution >= 0.6 is 0 Å². The van der Waals surface area contributed by atoms with E-state index in [0.29, 0.717) is 0 Å². The first-order chi connectivity index (χ1) is 24.7. The molecule has 2 nitrogen and oxygen atoms in total. The highest BCUT2D eigenvalue weighted by Crippen LogP contribution is 2.64. The molecule has 3 heteroatoms. The molecule has 1 aromatic heterocycles. The fourth-order valence-corrected chi connectivity index (χ4v) is 9.04. The first kappa shape index (κ1) is 27.5. The van der Waals surface area contributed by atoms with E-state index in [4.69, 9.17) is 4.42 Å². The molecule has 234 valence electrons. The van der Waals surface area contributed by atoms with Gasteiger partial charge in [-0.3, -0.25) is 0 Å². The van der Waals surface area contributed by atoms with Gasteiger partial charge in [0.25, 0.3) is 0 Å². The van der Waals surface area contributed by atoms with Crippen LogP contribution in [0.2, 0.25) is 0 Å². The molecule has 0 bridgehead atoms. The molecule has 2 aliphatic rings. The summed E-state index contributed by atoms with van der Waals surface area (Å²) in [5.41, 5.74) is 13.9. The van der Waals surface area contributed by atoms with Gasteiger partial charge in [-0.25, -0.2) is 4.39 Å². The van der Waals surface area contributed by atoms with Gasteiger partial charge in [0.1, 0.15) is 11.4 Å². The Morgan fingerprint density at radius 3 is 1.80 bits per heavy atom. The average Bonchev–Trinajstić information content (AvgIpc) is 3.81. The van der Waals surface area contributed by atoms with Gasteiger partial charge >= 0.3 is 0 Å². The molecule has 0 N–H and O–H groups in total. The Hall–Kier alpha value is -6.45. The van der Waals surface area contributed by atoms with Gasteiger partial charge in [-0.15, -0.1) is 0 Å². The second-order valence-corrected chi connectivity index (χ2v) is 13.3. The maximum atomic E-state index is 14.6. The fraction of sp³-hybridized carbons (Fsp3) is 0.0213. The Labute approximate surface area is 288 Å². The zero-order valence-corrected chi connectivity index (χ0v) is 26.9. The smallest absolute Gasteiger partial charge is 0.159 e. The molecule has 0 fully saturated rings. The molecular formula is C47H28FNO. The van der Waals surface area contributed by atoms with E-state index >= 15 is 0 Å². The lowest BCUT2D eigenvalue weighted by molar-refractivity contribution is 0.628. The van der Waals surface area contributed by atoms with Crippen molar-refractivity contribution < 1.29 is 8.81 Å². The molecule has 9 aromatic rings. The number of furan rings is 1. The molecule has 0 atom stereocenters. The number of hydrogen-bond donors (Lipinski definition) is 0. The summed E-state index contributed by atoms with van der Waals surface area (Å²) in [6.45, 7) is 0. The Kier molecular flexibility index (Phi) is 5.52. The third-order valence-corrected chi connectivity index (χ3v) is 10.9. The first-order valence-corrected chi connectivity index (χ1v) is 17.0. The molecule has 0 aliphatic heterocycles. The summed E-state index contributed by atoms with van der Waals surface area (Å²) in [4.78, 5) is 2.26. The number of nitrogens with zero attached hydrogens (tertiary/aromatic N) is 1. The zero-order chi connectivity index (χ0) is 33.0. The molecule has 2 aliphatic carbocycles. The van der Waals surface area contributed by atoms with E-state index < -0.39 is 5.41 Å². The van der Waals surface area contributed by atoms with Crippen LogP contribution in [0.15, 0.2) is 174 Å². The van der Waals surface area contributed by atoms with Crippen LogP contribution in [-0.4, -0.2) is 0 Å². The van der Waals surface area contributed by atoms with E-state index in [1.807, 2.05) is 12.1 Å². The van der Waals surface area contributed by atoms with Gasteiger partial charge in [-0.1, -0.05) is 127 Å². The number of benzene rings is 8. The summed E-state index contributed by atoms with van der Waals surface area (Å²) in [5.74, 6) is -0.274. The molecule has 0 unspecified atom stereocenters. The second kappa shape index (κ2) is 10.0. The van der Waals surface area contributed by atoms with Gasteiger partial charge in [0, 0.05) is 22.0 Å². The van der Waals surface area contributed by atoms with Gasteiger partial charge in [-0.2, -0.15) is 0 Å². The van der Waals surface area contributed by atoms with E-state index in [2.05, 4.69) is 150 Å². The van der Waals surface area contributed by atoms with E-state index in [1.165, 1.54) is 56.5 Å². The fourth-order valence-electron chi connectivity index (χ4n) is 9.04. The molecule has 50 heavy (non-hydrogen) atoms. The Morgan fingerprint density at radius 2 is 1.04 bits per heavy atom. The molecule has 0 amide bonds. The third kappa shape index (κ3) is 3.46. The average molecular weight is 642 g/mol. The Bertz CT molecular complexity index is 2800. The van der Waals surface area contributed by atoms with E-state index in [1.54, 1.807) is 0 Å². The number of rotatable bonds is 3. The van der Waals surface area contributed by atoms with Gasteiger partial charge < -0.3 is 9.32 Å². The standard InChI is InChI=1S/C47H28FNO/c48-30-24-26-31(27-25-30)49(42-22-9-16-36-44-32-12-2-1-11-29(32)23-28-43(44)50-46(36)42)41-21-10-20-40-45(41)35-15-5-8-19-39(35)47(40)37-17-6-3-13-33(37)34-14-4-7-18-38(34)47/h1-28H. The normalized spacial score (nSPS) is 13.5. The summed E-state index contributed by atoms with van der Waals surface area (Å²) < 4.78 is 21.4. The van der Waals surface area contributed by atoms with Gasteiger partial charge in [0.2, 0.25) is 0 Å². The van der Waals surface area contributed by atoms with E-state index in [0.717, 1.165) is 50.0 Å². The van der Waals surface area contributed by atoms with Crippen molar-refractivity contribution in [3.63, 3.8) is 0 Å². The molecule has 11 rings (SSSR count). The molecule has 0 saturated carbocycles.